The molecule has 0 saturated heterocycles. The SMILES string of the molecule is COc1ccc(NC(=O)CCCCc2ccc(Br)cc2)cc1OCC(N)=O. The van der Waals surface area contributed by atoms with Crippen LogP contribution in [-0.2, 0) is 16.0 Å². The highest BCUT2D eigenvalue weighted by molar-refractivity contribution is 9.10. The van der Waals surface area contributed by atoms with Crippen molar-refractivity contribution in [2.75, 3.05) is 19.0 Å². The van der Waals surface area contributed by atoms with Gasteiger partial charge in [0.05, 0.1) is 7.11 Å². The molecular formula is C20H23BrN2O4. The van der Waals surface area contributed by atoms with Gasteiger partial charge in [-0.25, -0.2) is 0 Å². The molecule has 2 amide bonds. The lowest BCUT2D eigenvalue weighted by atomic mass is 10.1. The Morgan fingerprint density at radius 3 is 2.48 bits per heavy atom. The molecule has 0 aliphatic heterocycles. The first-order chi connectivity index (χ1) is 13.0. The number of unbranched alkanes of at least 4 members (excludes halogenated alkanes) is 1. The molecule has 6 nitrogen and oxygen atoms in total. The topological polar surface area (TPSA) is 90.7 Å². The number of carbonyl (C=O) groups is 2. The number of anilines is 1. The number of hydrogen-bond acceptors (Lipinski definition) is 4. The highest BCUT2D eigenvalue weighted by atomic mass is 79.9. The summed E-state index contributed by atoms with van der Waals surface area (Å²) in [6, 6.07) is 13.2. The summed E-state index contributed by atoms with van der Waals surface area (Å²) in [6.07, 6.45) is 3.10. The van der Waals surface area contributed by atoms with Gasteiger partial charge in [-0.15, -0.1) is 0 Å². The van der Waals surface area contributed by atoms with Gasteiger partial charge in [0, 0.05) is 22.6 Å². The number of rotatable bonds is 10. The minimum atomic E-state index is -0.586. The fourth-order valence-corrected chi connectivity index (χ4v) is 2.77. The van der Waals surface area contributed by atoms with E-state index >= 15 is 0 Å². The first-order valence-electron chi connectivity index (χ1n) is 8.61. The molecule has 0 heterocycles. The Balaban J connectivity index is 1.81. The predicted molar refractivity (Wildman–Crippen MR) is 108 cm³/mol. The maximum absolute atomic E-state index is 12.1. The number of nitrogens with one attached hydrogen (secondary N) is 1. The monoisotopic (exact) mass is 434 g/mol. The molecule has 2 rings (SSSR count). The number of methoxy groups -OCH3 is 1. The molecule has 27 heavy (non-hydrogen) atoms. The van der Waals surface area contributed by atoms with Crippen molar-refractivity contribution in [1.82, 2.24) is 0 Å². The Morgan fingerprint density at radius 1 is 1.07 bits per heavy atom. The lowest BCUT2D eigenvalue weighted by molar-refractivity contribution is -0.120. The summed E-state index contributed by atoms with van der Waals surface area (Å²) in [6.45, 7) is -0.260. The largest absolute Gasteiger partial charge is 0.493 e. The summed E-state index contributed by atoms with van der Waals surface area (Å²) in [5, 5.41) is 2.83. The van der Waals surface area contributed by atoms with Crippen LogP contribution in [0.3, 0.4) is 0 Å². The summed E-state index contributed by atoms with van der Waals surface area (Å²) in [5.74, 6) is 0.155. The summed E-state index contributed by atoms with van der Waals surface area (Å²) in [7, 11) is 1.50. The van der Waals surface area contributed by atoms with Crippen LogP contribution in [0.5, 0.6) is 11.5 Å². The van der Waals surface area contributed by atoms with Gasteiger partial charge in [0.2, 0.25) is 5.91 Å². The maximum Gasteiger partial charge on any atom is 0.255 e. The molecule has 7 heteroatoms. The first kappa shape index (κ1) is 20.8. The third-order valence-electron chi connectivity index (χ3n) is 3.85. The number of amides is 2. The van der Waals surface area contributed by atoms with Gasteiger partial charge in [-0.05, 0) is 49.1 Å². The normalized spacial score (nSPS) is 10.3. The quantitative estimate of drug-likeness (QED) is 0.558. The second-order valence-corrected chi connectivity index (χ2v) is 6.92. The number of hydrogen-bond donors (Lipinski definition) is 2. The third kappa shape index (κ3) is 7.30. The summed E-state index contributed by atoms with van der Waals surface area (Å²) in [5.41, 5.74) is 6.92. The fraction of sp³-hybridized carbons (Fsp3) is 0.300. The molecule has 144 valence electrons. The van der Waals surface area contributed by atoms with Crippen LogP contribution in [0.15, 0.2) is 46.9 Å². The van der Waals surface area contributed by atoms with E-state index in [4.69, 9.17) is 15.2 Å². The number of primary amides is 1. The predicted octanol–water partition coefficient (Wildman–Crippen LogP) is 3.67. The average Bonchev–Trinajstić information content (AvgIpc) is 2.65. The Morgan fingerprint density at radius 2 is 1.81 bits per heavy atom. The van der Waals surface area contributed by atoms with Crippen LogP contribution in [0.1, 0.15) is 24.8 Å². The van der Waals surface area contributed by atoms with Crippen molar-refractivity contribution in [2.45, 2.75) is 25.7 Å². The number of carbonyl (C=O) groups excluding carboxylic acids is 2. The zero-order valence-corrected chi connectivity index (χ0v) is 16.8. The molecule has 0 unspecified atom stereocenters. The molecule has 2 aromatic carbocycles. The smallest absolute Gasteiger partial charge is 0.255 e. The molecule has 0 fully saturated rings. The van der Waals surface area contributed by atoms with Gasteiger partial charge in [-0.1, -0.05) is 28.1 Å². The van der Waals surface area contributed by atoms with Gasteiger partial charge >= 0.3 is 0 Å². The van der Waals surface area contributed by atoms with Crippen LogP contribution >= 0.6 is 15.9 Å². The van der Waals surface area contributed by atoms with Crippen molar-refractivity contribution in [1.29, 1.82) is 0 Å². The van der Waals surface area contributed by atoms with E-state index in [1.807, 2.05) is 12.1 Å². The highest BCUT2D eigenvalue weighted by Gasteiger charge is 2.09. The van der Waals surface area contributed by atoms with Gasteiger partial charge in [-0.2, -0.15) is 0 Å². The summed E-state index contributed by atoms with van der Waals surface area (Å²) in [4.78, 5) is 23.0. The van der Waals surface area contributed by atoms with Crippen LogP contribution in [0.25, 0.3) is 0 Å². The van der Waals surface area contributed by atoms with Crippen LogP contribution in [0.2, 0.25) is 0 Å². The number of nitrogens with two attached hydrogens (primary N) is 1. The summed E-state index contributed by atoms with van der Waals surface area (Å²) < 4.78 is 11.5. The molecule has 0 aliphatic rings. The molecule has 0 atom stereocenters. The lowest BCUT2D eigenvalue weighted by Crippen LogP contribution is -2.20. The standard InChI is InChI=1S/C20H23BrN2O4/c1-26-17-11-10-16(12-18(17)27-13-19(22)24)23-20(25)5-3-2-4-14-6-8-15(21)9-7-14/h6-12H,2-5,13H2,1H3,(H2,22,24)(H,23,25). The highest BCUT2D eigenvalue weighted by Crippen LogP contribution is 2.30. The Bertz CT molecular complexity index is 778. The Hall–Kier alpha value is -2.54. The molecule has 0 saturated carbocycles. The van der Waals surface area contributed by atoms with Crippen molar-refractivity contribution in [3.8, 4) is 11.5 Å². The van der Waals surface area contributed by atoms with Crippen molar-refractivity contribution < 1.29 is 19.1 Å². The minimum absolute atomic E-state index is 0.0724. The van der Waals surface area contributed by atoms with Gasteiger partial charge in [0.25, 0.3) is 5.91 Å². The van der Waals surface area contributed by atoms with Crippen molar-refractivity contribution in [2.24, 2.45) is 5.73 Å². The first-order valence-corrected chi connectivity index (χ1v) is 9.40. The molecule has 0 bridgehead atoms. The lowest BCUT2D eigenvalue weighted by Gasteiger charge is -2.12. The van der Waals surface area contributed by atoms with E-state index in [0.29, 0.717) is 23.6 Å². The van der Waals surface area contributed by atoms with Crippen molar-refractivity contribution in [3.63, 3.8) is 0 Å². The molecule has 3 N–H and O–H groups in total. The minimum Gasteiger partial charge on any atom is -0.493 e. The van der Waals surface area contributed by atoms with Crippen molar-refractivity contribution in [3.05, 3.63) is 52.5 Å². The molecule has 2 aromatic rings. The Kier molecular flexibility index (Phi) is 8.13. The zero-order chi connectivity index (χ0) is 19.6. The second-order valence-electron chi connectivity index (χ2n) is 6.00. The number of benzene rings is 2. The van der Waals surface area contributed by atoms with E-state index in [1.165, 1.54) is 12.7 Å². The second kappa shape index (κ2) is 10.6. The molecule has 0 aromatic heterocycles. The maximum atomic E-state index is 12.1. The molecule has 0 aliphatic carbocycles. The van der Waals surface area contributed by atoms with Crippen LogP contribution < -0.4 is 20.5 Å². The van der Waals surface area contributed by atoms with E-state index in [2.05, 4.69) is 33.4 Å². The van der Waals surface area contributed by atoms with Crippen molar-refractivity contribution >= 4 is 33.4 Å². The van der Waals surface area contributed by atoms with Gasteiger partial charge in [0.15, 0.2) is 18.1 Å². The summed E-state index contributed by atoms with van der Waals surface area (Å²) >= 11 is 3.42. The van der Waals surface area contributed by atoms with E-state index in [9.17, 15) is 9.59 Å². The number of aryl methyl sites for hydroxylation is 1. The van der Waals surface area contributed by atoms with Crippen LogP contribution in [-0.4, -0.2) is 25.5 Å². The van der Waals surface area contributed by atoms with E-state index in [0.717, 1.165) is 23.7 Å². The Labute approximate surface area is 167 Å². The van der Waals surface area contributed by atoms with E-state index < -0.39 is 5.91 Å². The molecular weight excluding hydrogens is 412 g/mol. The molecule has 0 spiro atoms. The van der Waals surface area contributed by atoms with Crippen LogP contribution in [0.4, 0.5) is 5.69 Å². The zero-order valence-electron chi connectivity index (χ0n) is 15.2. The fourth-order valence-electron chi connectivity index (χ4n) is 2.51. The third-order valence-corrected chi connectivity index (χ3v) is 4.38. The molecule has 0 radical (unpaired) electrons. The number of ether oxygens (including phenoxy) is 2. The van der Waals surface area contributed by atoms with Crippen LogP contribution in [0, 0.1) is 0 Å². The van der Waals surface area contributed by atoms with E-state index in [-0.39, 0.29) is 12.5 Å². The van der Waals surface area contributed by atoms with Gasteiger partial charge < -0.3 is 20.5 Å². The number of halogens is 1. The van der Waals surface area contributed by atoms with E-state index in [1.54, 1.807) is 18.2 Å². The van der Waals surface area contributed by atoms with Gasteiger partial charge in [-0.3, -0.25) is 9.59 Å². The van der Waals surface area contributed by atoms with Gasteiger partial charge in [0.1, 0.15) is 0 Å². The average molecular weight is 435 g/mol.